The summed E-state index contributed by atoms with van der Waals surface area (Å²) in [6, 6.07) is 8.08. The van der Waals surface area contributed by atoms with Crippen molar-refractivity contribution in [2.24, 2.45) is 11.7 Å². The molecule has 27 heavy (non-hydrogen) atoms. The molecule has 0 bridgehead atoms. The molecule has 1 aliphatic carbocycles. The van der Waals surface area contributed by atoms with Gasteiger partial charge in [0.25, 0.3) is 0 Å². The molecule has 6 nitrogen and oxygen atoms in total. The molecule has 0 aliphatic heterocycles. The second-order valence-electron chi connectivity index (χ2n) is 7.35. The average Bonchev–Trinajstić information content (AvgIpc) is 3.02. The first-order chi connectivity index (χ1) is 13.2. The van der Waals surface area contributed by atoms with Gasteiger partial charge in [0.15, 0.2) is 0 Å². The van der Waals surface area contributed by atoms with Gasteiger partial charge in [-0.1, -0.05) is 25.5 Å². The van der Waals surface area contributed by atoms with Gasteiger partial charge < -0.3 is 16.2 Å². The summed E-state index contributed by atoms with van der Waals surface area (Å²) in [7, 11) is 0. The number of fused-ring (bicyclic) bond motifs is 1. The maximum atomic E-state index is 6.23. The first-order valence-corrected chi connectivity index (χ1v) is 9.77. The lowest BCUT2D eigenvalue weighted by molar-refractivity contribution is 0.262. The van der Waals surface area contributed by atoms with Crippen LogP contribution in [-0.2, 0) is 0 Å². The fraction of sp³-hybridized carbons (Fsp3) is 0.429. The number of rotatable bonds is 7. The summed E-state index contributed by atoms with van der Waals surface area (Å²) in [6.45, 7) is 3.62. The van der Waals surface area contributed by atoms with Crippen LogP contribution in [0.1, 0.15) is 44.3 Å². The van der Waals surface area contributed by atoms with E-state index in [0.29, 0.717) is 17.7 Å². The first kappa shape index (κ1) is 17.8. The molecule has 2 heterocycles. The molecular weight excluding hydrogens is 338 g/mol. The van der Waals surface area contributed by atoms with Crippen molar-refractivity contribution in [3.8, 4) is 17.0 Å². The molecule has 0 radical (unpaired) electrons. The molecule has 4 rings (SSSR count). The third-order valence-corrected chi connectivity index (χ3v) is 5.42. The van der Waals surface area contributed by atoms with Crippen LogP contribution in [0, 0.1) is 5.92 Å². The van der Waals surface area contributed by atoms with E-state index in [9.17, 15) is 0 Å². The zero-order valence-corrected chi connectivity index (χ0v) is 15.8. The van der Waals surface area contributed by atoms with E-state index in [1.54, 1.807) is 6.20 Å². The van der Waals surface area contributed by atoms with Gasteiger partial charge in [-0.05, 0) is 43.9 Å². The summed E-state index contributed by atoms with van der Waals surface area (Å²) in [5.41, 5.74) is 14.8. The quantitative estimate of drug-likeness (QED) is 0.624. The van der Waals surface area contributed by atoms with Crippen molar-refractivity contribution in [2.75, 3.05) is 18.9 Å². The summed E-state index contributed by atoms with van der Waals surface area (Å²) in [5.74, 6) is 3.43. The lowest BCUT2D eigenvalue weighted by Gasteiger charge is -2.33. The molecule has 0 saturated heterocycles. The second kappa shape index (κ2) is 7.56. The van der Waals surface area contributed by atoms with Gasteiger partial charge >= 0.3 is 0 Å². The first-order valence-electron chi connectivity index (χ1n) is 9.77. The fourth-order valence-electron chi connectivity index (χ4n) is 3.78. The summed E-state index contributed by atoms with van der Waals surface area (Å²) in [6.07, 6.45) is 8.01. The minimum Gasteiger partial charge on any atom is -0.494 e. The van der Waals surface area contributed by atoms with Crippen LogP contribution in [0.3, 0.4) is 0 Å². The van der Waals surface area contributed by atoms with Gasteiger partial charge in [0, 0.05) is 23.9 Å². The van der Waals surface area contributed by atoms with Gasteiger partial charge in [-0.2, -0.15) is 0 Å². The van der Waals surface area contributed by atoms with Crippen LogP contribution in [0.2, 0.25) is 0 Å². The lowest BCUT2D eigenvalue weighted by atomic mass is 9.74. The number of nitrogens with two attached hydrogens (primary N) is 2. The highest BCUT2D eigenvalue weighted by molar-refractivity contribution is 5.85. The number of hydrogen-bond acceptors (Lipinski definition) is 5. The Morgan fingerprint density at radius 1 is 1.30 bits per heavy atom. The maximum Gasteiger partial charge on any atom is 0.150 e. The van der Waals surface area contributed by atoms with Crippen LogP contribution in [0.5, 0.6) is 5.75 Å². The molecule has 1 saturated carbocycles. The standard InChI is InChI=1S/C21H27N5O/c1-2-3-9-27-17-6-4-5-15(12-17)18-19-20(23)24-7-8-26(19)21(25-18)16-10-14(11-16)13-22/h4-8,12,14,16H,2-3,9-11,13,22H2,1H3,(H2,23,24)/t14-,16+. The number of hydrogen-bond donors (Lipinski definition) is 2. The third-order valence-electron chi connectivity index (χ3n) is 5.42. The van der Waals surface area contributed by atoms with E-state index in [1.807, 2.05) is 24.4 Å². The van der Waals surface area contributed by atoms with Crippen LogP contribution in [0.4, 0.5) is 5.82 Å². The summed E-state index contributed by atoms with van der Waals surface area (Å²) < 4.78 is 7.97. The molecule has 1 aromatic carbocycles. The predicted octanol–water partition coefficient (Wildman–Crippen LogP) is 3.61. The topological polar surface area (TPSA) is 91.5 Å². The van der Waals surface area contributed by atoms with Gasteiger partial charge in [-0.3, -0.25) is 4.40 Å². The third kappa shape index (κ3) is 3.37. The Bertz CT molecular complexity index is 929. The highest BCUT2D eigenvalue weighted by Crippen LogP contribution is 2.42. The van der Waals surface area contributed by atoms with Crippen molar-refractivity contribution in [1.82, 2.24) is 14.4 Å². The van der Waals surface area contributed by atoms with E-state index >= 15 is 0 Å². The largest absolute Gasteiger partial charge is 0.494 e. The molecule has 0 spiro atoms. The van der Waals surface area contributed by atoms with Crippen LogP contribution >= 0.6 is 0 Å². The Kier molecular flexibility index (Phi) is 4.99. The van der Waals surface area contributed by atoms with Crippen molar-refractivity contribution in [1.29, 1.82) is 0 Å². The highest BCUT2D eigenvalue weighted by atomic mass is 16.5. The molecule has 4 N–H and O–H groups in total. The van der Waals surface area contributed by atoms with E-state index in [4.69, 9.17) is 21.2 Å². The number of nitrogen functional groups attached to an aromatic ring is 1. The Morgan fingerprint density at radius 2 is 2.15 bits per heavy atom. The van der Waals surface area contributed by atoms with E-state index in [-0.39, 0.29) is 0 Å². The van der Waals surface area contributed by atoms with Gasteiger partial charge in [0.1, 0.15) is 28.6 Å². The molecule has 3 aromatic rings. The maximum absolute atomic E-state index is 6.23. The molecular formula is C21H27N5O. The number of anilines is 1. The Hall–Kier alpha value is -2.60. The van der Waals surface area contributed by atoms with Crippen molar-refractivity contribution in [3.63, 3.8) is 0 Å². The van der Waals surface area contributed by atoms with Gasteiger partial charge in [-0.25, -0.2) is 9.97 Å². The van der Waals surface area contributed by atoms with Crippen LogP contribution in [0.25, 0.3) is 16.8 Å². The smallest absolute Gasteiger partial charge is 0.150 e. The van der Waals surface area contributed by atoms with Gasteiger partial charge in [-0.15, -0.1) is 0 Å². The van der Waals surface area contributed by atoms with Crippen LogP contribution < -0.4 is 16.2 Å². The number of ether oxygens (including phenoxy) is 1. The predicted molar refractivity (Wildman–Crippen MR) is 108 cm³/mol. The number of imidazole rings is 1. The van der Waals surface area contributed by atoms with Gasteiger partial charge in [0.05, 0.1) is 6.61 Å². The van der Waals surface area contributed by atoms with E-state index in [2.05, 4.69) is 22.4 Å². The number of benzene rings is 1. The molecule has 1 aliphatic rings. The SMILES string of the molecule is CCCCOc1cccc(-c2nc([C@H]3C[C@@H](CN)C3)n3ccnc(N)c23)c1. The summed E-state index contributed by atoms with van der Waals surface area (Å²) in [4.78, 5) is 9.29. The monoisotopic (exact) mass is 365 g/mol. The van der Waals surface area contributed by atoms with E-state index in [0.717, 1.165) is 67.2 Å². The number of nitrogens with zero attached hydrogens (tertiary/aromatic N) is 3. The van der Waals surface area contributed by atoms with Crippen LogP contribution in [-0.4, -0.2) is 27.5 Å². The summed E-state index contributed by atoms with van der Waals surface area (Å²) in [5, 5.41) is 0. The zero-order chi connectivity index (χ0) is 18.8. The zero-order valence-electron chi connectivity index (χ0n) is 15.8. The number of unbranched alkanes of at least 4 members (excludes halogenated alkanes) is 1. The Morgan fingerprint density at radius 3 is 2.93 bits per heavy atom. The van der Waals surface area contributed by atoms with Crippen molar-refractivity contribution in [3.05, 3.63) is 42.5 Å². The minimum absolute atomic E-state index is 0.422. The Labute approximate surface area is 159 Å². The molecule has 0 atom stereocenters. The second-order valence-corrected chi connectivity index (χ2v) is 7.35. The molecule has 2 aromatic heterocycles. The van der Waals surface area contributed by atoms with Gasteiger partial charge in [0.2, 0.25) is 0 Å². The molecule has 0 unspecified atom stereocenters. The van der Waals surface area contributed by atoms with Crippen molar-refractivity contribution < 1.29 is 4.74 Å². The fourth-order valence-corrected chi connectivity index (χ4v) is 3.78. The van der Waals surface area contributed by atoms with Crippen molar-refractivity contribution >= 4 is 11.3 Å². The molecule has 0 amide bonds. The highest BCUT2D eigenvalue weighted by Gasteiger charge is 2.33. The minimum atomic E-state index is 0.422. The normalized spacial score (nSPS) is 19.2. The molecule has 1 fully saturated rings. The van der Waals surface area contributed by atoms with Crippen molar-refractivity contribution in [2.45, 2.75) is 38.5 Å². The molecule has 6 heteroatoms. The van der Waals surface area contributed by atoms with E-state index < -0.39 is 0 Å². The molecule has 142 valence electrons. The Balaban J connectivity index is 1.73. The van der Waals surface area contributed by atoms with Crippen LogP contribution in [0.15, 0.2) is 36.7 Å². The van der Waals surface area contributed by atoms with E-state index in [1.165, 1.54) is 0 Å². The average molecular weight is 365 g/mol. The number of aromatic nitrogens is 3. The lowest BCUT2D eigenvalue weighted by Crippen LogP contribution is -2.29. The summed E-state index contributed by atoms with van der Waals surface area (Å²) >= 11 is 0.